The van der Waals surface area contributed by atoms with Crippen LogP contribution in [0.1, 0.15) is 18.4 Å². The molecule has 0 radical (unpaired) electrons. The van der Waals surface area contributed by atoms with Gasteiger partial charge < -0.3 is 19.9 Å². The zero-order chi connectivity index (χ0) is 18.2. The van der Waals surface area contributed by atoms with E-state index in [0.29, 0.717) is 24.1 Å². The molecule has 2 rings (SSSR count). The largest absolute Gasteiger partial charge is 0.376 e. The minimum Gasteiger partial charge on any atom is -0.376 e. The van der Waals surface area contributed by atoms with E-state index in [1.807, 2.05) is 36.2 Å². The maximum absolute atomic E-state index is 11.9. The van der Waals surface area contributed by atoms with E-state index < -0.39 is 0 Å². The number of guanidine groups is 1. The Morgan fingerprint density at radius 1 is 1.31 bits per heavy atom. The Labute approximate surface area is 177 Å². The van der Waals surface area contributed by atoms with Gasteiger partial charge in [0.05, 0.1) is 6.10 Å². The third kappa shape index (κ3) is 7.67. The summed E-state index contributed by atoms with van der Waals surface area (Å²) >= 11 is 5.94. The van der Waals surface area contributed by atoms with Crippen LogP contribution >= 0.6 is 35.6 Å². The van der Waals surface area contributed by atoms with Crippen LogP contribution in [0.25, 0.3) is 0 Å². The molecule has 8 heteroatoms. The number of amides is 1. The maximum atomic E-state index is 11.9. The number of rotatable bonds is 6. The van der Waals surface area contributed by atoms with Gasteiger partial charge in [-0.3, -0.25) is 4.79 Å². The van der Waals surface area contributed by atoms with Crippen LogP contribution in [0, 0.1) is 0 Å². The topological polar surface area (TPSA) is 57.2 Å². The Morgan fingerprint density at radius 2 is 2.00 bits per heavy atom. The van der Waals surface area contributed by atoms with Crippen molar-refractivity contribution in [1.29, 1.82) is 0 Å². The van der Waals surface area contributed by atoms with Crippen molar-refractivity contribution in [3.63, 3.8) is 0 Å². The van der Waals surface area contributed by atoms with E-state index in [2.05, 4.69) is 10.3 Å². The number of halogens is 2. The van der Waals surface area contributed by atoms with Gasteiger partial charge in [-0.05, 0) is 30.5 Å². The molecule has 1 aromatic rings. The zero-order valence-corrected chi connectivity index (χ0v) is 18.7. The lowest BCUT2D eigenvalue weighted by Crippen LogP contribution is -2.42. The van der Waals surface area contributed by atoms with Gasteiger partial charge in [0.2, 0.25) is 5.91 Å². The van der Waals surface area contributed by atoms with Crippen LogP contribution in [0.5, 0.6) is 0 Å². The molecule has 0 saturated carbocycles. The van der Waals surface area contributed by atoms with Gasteiger partial charge in [-0.2, -0.15) is 0 Å². The molecule has 1 aromatic carbocycles. The lowest BCUT2D eigenvalue weighted by molar-refractivity contribution is -0.127. The number of carbonyl (C=O) groups excluding carboxylic acids is 1. The molecular formula is C18H28ClIN4O2. The number of nitrogens with one attached hydrogen (secondary N) is 1. The first kappa shape index (κ1) is 23.0. The van der Waals surface area contributed by atoms with Crippen molar-refractivity contribution in [1.82, 2.24) is 15.1 Å². The van der Waals surface area contributed by atoms with E-state index in [1.165, 1.54) is 0 Å². The second-order valence-corrected chi connectivity index (χ2v) is 6.86. The number of likely N-dealkylation sites (N-methyl/N-ethyl adjacent to an activating group) is 1. The third-order valence-corrected chi connectivity index (χ3v) is 4.32. The summed E-state index contributed by atoms with van der Waals surface area (Å²) in [6.07, 6.45) is 2.36. The highest BCUT2D eigenvalue weighted by Gasteiger charge is 2.17. The van der Waals surface area contributed by atoms with Crippen molar-refractivity contribution >= 4 is 47.4 Å². The van der Waals surface area contributed by atoms with Crippen LogP contribution < -0.4 is 5.32 Å². The molecule has 1 heterocycles. The first-order chi connectivity index (χ1) is 12.0. The second-order valence-electron chi connectivity index (χ2n) is 6.43. The van der Waals surface area contributed by atoms with Crippen LogP contribution in [0.4, 0.5) is 0 Å². The van der Waals surface area contributed by atoms with Crippen LogP contribution in [-0.4, -0.2) is 68.6 Å². The molecule has 1 unspecified atom stereocenters. The van der Waals surface area contributed by atoms with Crippen molar-refractivity contribution < 1.29 is 9.53 Å². The van der Waals surface area contributed by atoms with Crippen molar-refractivity contribution in [2.24, 2.45) is 4.99 Å². The minimum atomic E-state index is -0.0312. The van der Waals surface area contributed by atoms with Gasteiger partial charge >= 0.3 is 0 Å². The van der Waals surface area contributed by atoms with Gasteiger partial charge in [0.15, 0.2) is 5.96 Å². The molecule has 26 heavy (non-hydrogen) atoms. The Kier molecular flexibility index (Phi) is 10.3. The average Bonchev–Trinajstić information content (AvgIpc) is 3.10. The molecule has 1 N–H and O–H groups in total. The smallest absolute Gasteiger partial charge is 0.243 e. The molecule has 0 bridgehead atoms. The molecule has 1 amide bonds. The predicted octanol–water partition coefficient (Wildman–Crippen LogP) is 2.60. The van der Waals surface area contributed by atoms with E-state index in [4.69, 9.17) is 16.3 Å². The van der Waals surface area contributed by atoms with Gasteiger partial charge in [0, 0.05) is 45.9 Å². The Balaban J connectivity index is 0.00000338. The average molecular weight is 495 g/mol. The molecule has 0 spiro atoms. The summed E-state index contributed by atoms with van der Waals surface area (Å²) in [4.78, 5) is 19.9. The number of hydrogen-bond donors (Lipinski definition) is 1. The van der Waals surface area contributed by atoms with E-state index in [1.54, 1.807) is 19.0 Å². The fourth-order valence-electron chi connectivity index (χ4n) is 2.54. The summed E-state index contributed by atoms with van der Waals surface area (Å²) in [5, 5.41) is 4.06. The van der Waals surface area contributed by atoms with Crippen molar-refractivity contribution in [2.75, 3.05) is 40.8 Å². The highest BCUT2D eigenvalue weighted by atomic mass is 127. The Bertz CT molecular complexity index is 589. The van der Waals surface area contributed by atoms with E-state index >= 15 is 0 Å². The van der Waals surface area contributed by atoms with E-state index in [0.717, 1.165) is 25.0 Å². The normalized spacial score (nSPS) is 16.8. The lowest BCUT2D eigenvalue weighted by Gasteiger charge is -2.24. The summed E-state index contributed by atoms with van der Waals surface area (Å²) in [5.74, 6) is 0.664. The molecule has 6 nitrogen and oxygen atoms in total. The number of nitrogens with zero attached hydrogens (tertiary/aromatic N) is 3. The number of carbonyl (C=O) groups is 1. The van der Waals surface area contributed by atoms with E-state index in [9.17, 15) is 4.79 Å². The van der Waals surface area contributed by atoms with Crippen molar-refractivity contribution in [2.45, 2.75) is 25.5 Å². The fraction of sp³-hybridized carbons (Fsp3) is 0.556. The lowest BCUT2D eigenvalue weighted by atomic mass is 10.2. The summed E-state index contributed by atoms with van der Waals surface area (Å²) in [6.45, 7) is 2.30. The molecule has 1 aliphatic heterocycles. The third-order valence-electron chi connectivity index (χ3n) is 4.07. The molecule has 0 aliphatic carbocycles. The van der Waals surface area contributed by atoms with Crippen LogP contribution in [-0.2, 0) is 16.1 Å². The number of aliphatic imine (C=N–C) groups is 1. The molecule has 0 aromatic heterocycles. The predicted molar refractivity (Wildman–Crippen MR) is 116 cm³/mol. The number of ether oxygens (including phenoxy) is 1. The van der Waals surface area contributed by atoms with Crippen molar-refractivity contribution in [3.8, 4) is 0 Å². The summed E-state index contributed by atoms with van der Waals surface area (Å²) < 4.78 is 5.65. The summed E-state index contributed by atoms with van der Waals surface area (Å²) in [6, 6.07) is 7.72. The van der Waals surface area contributed by atoms with Crippen LogP contribution in [0.15, 0.2) is 29.3 Å². The molecule has 1 aliphatic rings. The van der Waals surface area contributed by atoms with Gasteiger partial charge in [-0.1, -0.05) is 23.7 Å². The Hall–Kier alpha value is -1.06. The van der Waals surface area contributed by atoms with Gasteiger partial charge in [0.1, 0.15) is 6.54 Å². The van der Waals surface area contributed by atoms with Gasteiger partial charge in [0.25, 0.3) is 0 Å². The first-order valence-corrected chi connectivity index (χ1v) is 8.89. The summed E-state index contributed by atoms with van der Waals surface area (Å²) in [5.41, 5.74) is 1.12. The fourth-order valence-corrected chi connectivity index (χ4v) is 2.67. The van der Waals surface area contributed by atoms with Gasteiger partial charge in [-0.15, -0.1) is 24.0 Å². The van der Waals surface area contributed by atoms with Crippen LogP contribution in [0.3, 0.4) is 0 Å². The zero-order valence-electron chi connectivity index (χ0n) is 15.6. The monoisotopic (exact) mass is 494 g/mol. The minimum absolute atomic E-state index is 0. The SMILES string of the molecule is CN(C)C(=O)CN=C(NCC1CCCO1)N(C)Cc1ccc(Cl)cc1.I. The first-order valence-electron chi connectivity index (χ1n) is 8.51. The molecule has 1 atom stereocenters. The number of hydrogen-bond acceptors (Lipinski definition) is 3. The molecule has 1 fully saturated rings. The molecule has 146 valence electrons. The highest BCUT2D eigenvalue weighted by molar-refractivity contribution is 14.0. The number of benzene rings is 1. The summed E-state index contributed by atoms with van der Waals surface area (Å²) in [7, 11) is 5.42. The maximum Gasteiger partial charge on any atom is 0.243 e. The quantitative estimate of drug-likeness (QED) is 0.375. The second kappa shape index (κ2) is 11.6. The Morgan fingerprint density at radius 3 is 2.58 bits per heavy atom. The molecule has 1 saturated heterocycles. The van der Waals surface area contributed by atoms with E-state index in [-0.39, 0.29) is 42.5 Å². The van der Waals surface area contributed by atoms with Crippen molar-refractivity contribution in [3.05, 3.63) is 34.9 Å². The van der Waals surface area contributed by atoms with Gasteiger partial charge in [-0.25, -0.2) is 4.99 Å². The molecular weight excluding hydrogens is 467 g/mol. The highest BCUT2D eigenvalue weighted by Crippen LogP contribution is 2.12. The standard InChI is InChI=1S/C18H27ClN4O2.HI/c1-22(2)17(24)12-21-18(20-11-16-5-4-10-25-16)23(3)13-14-6-8-15(19)9-7-14;/h6-9,16H,4-5,10-13H2,1-3H3,(H,20,21);1H. The van der Waals surface area contributed by atoms with Crippen LogP contribution in [0.2, 0.25) is 5.02 Å².